The molecular weight excluding hydrogens is 328 g/mol. The molecule has 0 spiro atoms. The van der Waals surface area contributed by atoms with Gasteiger partial charge < -0.3 is 10.6 Å². The van der Waals surface area contributed by atoms with Crippen LogP contribution in [-0.2, 0) is 4.79 Å². The zero-order valence-electron chi connectivity index (χ0n) is 14.1. The number of imide groups is 1. The third-order valence-corrected chi connectivity index (χ3v) is 5.58. The van der Waals surface area contributed by atoms with E-state index in [1.807, 2.05) is 0 Å². The van der Waals surface area contributed by atoms with E-state index < -0.39 is 17.2 Å². The number of piperidine rings is 1. The Morgan fingerprint density at radius 1 is 1.25 bits per heavy atom. The number of nitrogens with two attached hydrogens (primary N) is 1. The lowest BCUT2D eigenvalue weighted by Gasteiger charge is -2.31. The molecule has 3 amide bonds. The molecule has 0 unspecified atom stereocenters. The van der Waals surface area contributed by atoms with Gasteiger partial charge in [0.25, 0.3) is 0 Å². The molecule has 132 valence electrons. The average Bonchev–Trinajstić information content (AvgIpc) is 3.28. The van der Waals surface area contributed by atoms with E-state index in [-0.39, 0.29) is 0 Å². The van der Waals surface area contributed by atoms with Crippen LogP contribution in [0.25, 0.3) is 0 Å². The fourth-order valence-electron chi connectivity index (χ4n) is 2.86. The molecule has 1 atom stereocenters. The molecule has 9 heteroatoms. The summed E-state index contributed by atoms with van der Waals surface area (Å²) in [7, 11) is 0. The van der Waals surface area contributed by atoms with Gasteiger partial charge in [0.2, 0.25) is 11.9 Å². The Labute approximate surface area is 145 Å². The van der Waals surface area contributed by atoms with Crippen molar-refractivity contribution < 1.29 is 9.59 Å². The zero-order chi connectivity index (χ0) is 17.3. The lowest BCUT2D eigenvalue weighted by molar-refractivity contribution is -0.119. The van der Waals surface area contributed by atoms with E-state index in [2.05, 4.69) is 31.9 Å². The standard InChI is InChI=1S/C15H24N6O2S/c1-9-5-7-20(8-6-9)14-18-19-15(21(14)11-3-4-11)24-10(2)12(22)17-13(16)23/h9-11H,3-8H2,1-2H3,(H3,16,17,22,23)/t10-/m0/s1. The number of urea groups is 1. The van der Waals surface area contributed by atoms with Gasteiger partial charge in [0.15, 0.2) is 5.16 Å². The minimum atomic E-state index is -0.834. The number of nitrogens with one attached hydrogen (secondary N) is 1. The number of carbonyl (C=O) groups is 2. The number of primary amides is 1. The van der Waals surface area contributed by atoms with Crippen LogP contribution in [0, 0.1) is 5.92 Å². The van der Waals surface area contributed by atoms with E-state index >= 15 is 0 Å². The van der Waals surface area contributed by atoms with Crippen LogP contribution in [0.4, 0.5) is 10.7 Å². The summed E-state index contributed by atoms with van der Waals surface area (Å²) in [4.78, 5) is 25.0. The average molecular weight is 352 g/mol. The topological polar surface area (TPSA) is 106 Å². The first-order valence-electron chi connectivity index (χ1n) is 8.42. The van der Waals surface area contributed by atoms with Crippen LogP contribution in [-0.4, -0.2) is 45.0 Å². The van der Waals surface area contributed by atoms with Gasteiger partial charge in [0.1, 0.15) is 0 Å². The molecule has 0 radical (unpaired) electrons. The molecule has 1 saturated carbocycles. The first kappa shape index (κ1) is 17.1. The minimum absolute atomic E-state index is 0.411. The van der Waals surface area contributed by atoms with Gasteiger partial charge in [-0.05, 0) is 38.5 Å². The van der Waals surface area contributed by atoms with Gasteiger partial charge >= 0.3 is 6.03 Å². The zero-order valence-corrected chi connectivity index (χ0v) is 14.9. The van der Waals surface area contributed by atoms with Crippen molar-refractivity contribution in [2.45, 2.75) is 56.0 Å². The fraction of sp³-hybridized carbons (Fsp3) is 0.733. The molecule has 1 aromatic heterocycles. The predicted molar refractivity (Wildman–Crippen MR) is 91.9 cm³/mol. The first-order chi connectivity index (χ1) is 11.5. The molecule has 1 saturated heterocycles. The molecular formula is C15H24N6O2S. The minimum Gasteiger partial charge on any atom is -0.351 e. The Bertz CT molecular complexity index is 621. The van der Waals surface area contributed by atoms with Gasteiger partial charge in [-0.25, -0.2) is 4.79 Å². The van der Waals surface area contributed by atoms with Gasteiger partial charge in [-0.15, -0.1) is 10.2 Å². The molecule has 3 N–H and O–H groups in total. The molecule has 2 heterocycles. The summed E-state index contributed by atoms with van der Waals surface area (Å²) >= 11 is 1.32. The summed E-state index contributed by atoms with van der Waals surface area (Å²) in [5.74, 6) is 1.26. The monoisotopic (exact) mass is 352 g/mol. The maximum Gasteiger partial charge on any atom is 0.318 e. The fourth-order valence-corrected chi connectivity index (χ4v) is 3.78. The van der Waals surface area contributed by atoms with Crippen molar-refractivity contribution in [1.82, 2.24) is 20.1 Å². The number of rotatable bonds is 5. The highest BCUT2D eigenvalue weighted by molar-refractivity contribution is 8.00. The van der Waals surface area contributed by atoms with E-state index in [0.29, 0.717) is 6.04 Å². The van der Waals surface area contributed by atoms with Crippen LogP contribution >= 0.6 is 11.8 Å². The summed E-state index contributed by atoms with van der Waals surface area (Å²) in [6, 6.07) is -0.414. The molecule has 24 heavy (non-hydrogen) atoms. The van der Waals surface area contributed by atoms with Crippen molar-refractivity contribution in [2.24, 2.45) is 11.7 Å². The quantitative estimate of drug-likeness (QED) is 0.778. The number of nitrogens with zero attached hydrogens (tertiary/aromatic N) is 4. The molecule has 2 aliphatic rings. The number of hydrogen-bond donors (Lipinski definition) is 2. The smallest absolute Gasteiger partial charge is 0.318 e. The van der Waals surface area contributed by atoms with E-state index in [1.54, 1.807) is 6.92 Å². The van der Waals surface area contributed by atoms with Crippen molar-refractivity contribution in [1.29, 1.82) is 0 Å². The number of hydrogen-bond acceptors (Lipinski definition) is 6. The van der Waals surface area contributed by atoms with E-state index in [4.69, 9.17) is 5.73 Å². The highest BCUT2D eigenvalue weighted by atomic mass is 32.2. The van der Waals surface area contributed by atoms with Crippen molar-refractivity contribution in [3.8, 4) is 0 Å². The van der Waals surface area contributed by atoms with Crippen LogP contribution in [0.15, 0.2) is 5.16 Å². The van der Waals surface area contributed by atoms with Crippen LogP contribution in [0.5, 0.6) is 0 Å². The van der Waals surface area contributed by atoms with Crippen molar-refractivity contribution >= 4 is 29.6 Å². The summed E-state index contributed by atoms with van der Waals surface area (Å²) < 4.78 is 2.16. The number of amides is 3. The Morgan fingerprint density at radius 3 is 2.50 bits per heavy atom. The maximum absolute atomic E-state index is 11.9. The predicted octanol–water partition coefficient (Wildman–Crippen LogP) is 1.52. The Morgan fingerprint density at radius 2 is 1.92 bits per heavy atom. The number of thioether (sulfide) groups is 1. The third kappa shape index (κ3) is 3.82. The molecule has 1 aromatic rings. The number of aromatic nitrogens is 3. The van der Waals surface area contributed by atoms with Crippen LogP contribution in [0.1, 0.15) is 45.6 Å². The van der Waals surface area contributed by atoms with E-state index in [1.165, 1.54) is 11.8 Å². The number of anilines is 1. The van der Waals surface area contributed by atoms with E-state index in [9.17, 15) is 9.59 Å². The maximum atomic E-state index is 11.9. The summed E-state index contributed by atoms with van der Waals surface area (Å²) in [5, 5.41) is 11.1. The van der Waals surface area contributed by atoms with Crippen molar-refractivity contribution in [2.75, 3.05) is 18.0 Å². The first-order valence-corrected chi connectivity index (χ1v) is 9.30. The summed E-state index contributed by atoms with van der Waals surface area (Å²) in [5.41, 5.74) is 5.01. The van der Waals surface area contributed by atoms with Crippen LogP contribution < -0.4 is 16.0 Å². The highest BCUT2D eigenvalue weighted by Gasteiger charge is 2.33. The molecule has 0 aromatic carbocycles. The molecule has 8 nitrogen and oxygen atoms in total. The second-order valence-electron chi connectivity index (χ2n) is 6.67. The Kier molecular flexibility index (Phi) is 4.98. The normalized spacial score (nSPS) is 20.0. The molecule has 1 aliphatic carbocycles. The van der Waals surface area contributed by atoms with E-state index in [0.717, 1.165) is 55.8 Å². The summed E-state index contributed by atoms with van der Waals surface area (Å²) in [6.07, 6.45) is 4.56. The van der Waals surface area contributed by atoms with Gasteiger partial charge in [-0.2, -0.15) is 0 Å². The van der Waals surface area contributed by atoms with Gasteiger partial charge in [-0.3, -0.25) is 14.7 Å². The highest BCUT2D eigenvalue weighted by Crippen LogP contribution is 2.42. The van der Waals surface area contributed by atoms with Gasteiger partial charge in [0, 0.05) is 19.1 Å². The van der Waals surface area contributed by atoms with Crippen molar-refractivity contribution in [3.05, 3.63) is 0 Å². The molecule has 3 rings (SSSR count). The van der Waals surface area contributed by atoms with Gasteiger partial charge in [0.05, 0.1) is 5.25 Å². The lowest BCUT2D eigenvalue weighted by atomic mass is 10.00. The summed E-state index contributed by atoms with van der Waals surface area (Å²) in [6.45, 7) is 6.00. The third-order valence-electron chi connectivity index (χ3n) is 4.52. The Hall–Kier alpha value is -1.77. The number of carbonyl (C=O) groups excluding carboxylic acids is 2. The van der Waals surface area contributed by atoms with Crippen molar-refractivity contribution in [3.63, 3.8) is 0 Å². The van der Waals surface area contributed by atoms with Crippen LogP contribution in [0.3, 0.4) is 0 Å². The van der Waals surface area contributed by atoms with Gasteiger partial charge in [-0.1, -0.05) is 18.7 Å². The Balaban J connectivity index is 1.74. The largest absolute Gasteiger partial charge is 0.351 e. The second kappa shape index (κ2) is 7.00. The molecule has 0 bridgehead atoms. The lowest BCUT2D eigenvalue weighted by Crippen LogP contribution is -2.39. The van der Waals surface area contributed by atoms with Crippen LogP contribution in [0.2, 0.25) is 0 Å². The SMILES string of the molecule is CC1CCN(c2nnc(S[C@@H](C)C(=O)NC(N)=O)n2C2CC2)CC1. The molecule has 2 fully saturated rings. The molecule has 1 aliphatic heterocycles. The second-order valence-corrected chi connectivity index (χ2v) is 7.97.